The first-order valence-electron chi connectivity index (χ1n) is 6.41. The molecular weight excluding hydrogens is 338 g/mol. The van der Waals surface area contributed by atoms with Gasteiger partial charge in [-0.15, -0.1) is 23.1 Å². The van der Waals surface area contributed by atoms with E-state index >= 15 is 0 Å². The van der Waals surface area contributed by atoms with Crippen molar-refractivity contribution in [2.75, 3.05) is 5.32 Å². The van der Waals surface area contributed by atoms with Gasteiger partial charge in [-0.25, -0.2) is 0 Å². The predicted molar refractivity (Wildman–Crippen MR) is 89.5 cm³/mol. The number of benzene rings is 1. The van der Waals surface area contributed by atoms with Gasteiger partial charge >= 0.3 is 0 Å². The van der Waals surface area contributed by atoms with Crippen LogP contribution in [-0.4, -0.2) is 5.25 Å². The van der Waals surface area contributed by atoms with Gasteiger partial charge in [0.1, 0.15) is 0 Å². The fraction of sp³-hybridized carbons (Fsp3) is 0.333. The van der Waals surface area contributed by atoms with Crippen molar-refractivity contribution in [3.8, 4) is 0 Å². The molecule has 0 aliphatic carbocycles. The Morgan fingerprint density at radius 1 is 1.32 bits per heavy atom. The highest BCUT2D eigenvalue weighted by Gasteiger charge is 2.26. The molecule has 1 aromatic carbocycles. The lowest BCUT2D eigenvalue weighted by Crippen LogP contribution is -2.19. The van der Waals surface area contributed by atoms with E-state index in [9.17, 15) is 0 Å². The summed E-state index contributed by atoms with van der Waals surface area (Å²) in [5.74, 6) is 0. The topological polar surface area (TPSA) is 12.0 Å². The Labute approximate surface area is 130 Å². The van der Waals surface area contributed by atoms with E-state index < -0.39 is 0 Å². The summed E-state index contributed by atoms with van der Waals surface area (Å²) in [5, 5.41) is 6.61. The van der Waals surface area contributed by atoms with Crippen molar-refractivity contribution >= 4 is 44.7 Å². The number of thioether (sulfide) groups is 1. The Morgan fingerprint density at radius 2 is 2.16 bits per heavy atom. The Bertz CT molecular complexity index is 594. The maximum atomic E-state index is 3.73. The molecular formula is C15H16BrNS2. The van der Waals surface area contributed by atoms with Crippen LogP contribution in [0.2, 0.25) is 0 Å². The molecule has 19 heavy (non-hydrogen) atoms. The molecule has 1 unspecified atom stereocenters. The van der Waals surface area contributed by atoms with Gasteiger partial charge < -0.3 is 5.32 Å². The van der Waals surface area contributed by atoms with Crippen molar-refractivity contribution in [3.63, 3.8) is 0 Å². The molecule has 2 heterocycles. The Hall–Kier alpha value is -0.450. The molecule has 2 atom stereocenters. The predicted octanol–water partition coefficient (Wildman–Crippen LogP) is 5.86. The van der Waals surface area contributed by atoms with Crippen LogP contribution in [-0.2, 0) is 0 Å². The van der Waals surface area contributed by atoms with E-state index in [-0.39, 0.29) is 0 Å². The lowest BCUT2D eigenvalue weighted by Gasteiger charge is -2.29. The maximum absolute atomic E-state index is 3.73. The summed E-state index contributed by atoms with van der Waals surface area (Å²) < 4.78 is 2.64. The molecule has 1 N–H and O–H groups in total. The van der Waals surface area contributed by atoms with Crippen molar-refractivity contribution in [2.24, 2.45) is 0 Å². The monoisotopic (exact) mass is 353 g/mol. The Kier molecular flexibility index (Phi) is 3.92. The van der Waals surface area contributed by atoms with E-state index in [1.807, 2.05) is 23.1 Å². The lowest BCUT2D eigenvalue weighted by molar-refractivity contribution is 0.669. The second-order valence-electron chi connectivity index (χ2n) is 4.94. The van der Waals surface area contributed by atoms with Crippen LogP contribution in [0.4, 0.5) is 5.69 Å². The normalized spacial score (nSPS) is 22.1. The number of hydrogen-bond donors (Lipinski definition) is 1. The number of anilines is 1. The average molecular weight is 354 g/mol. The Morgan fingerprint density at radius 3 is 3.00 bits per heavy atom. The van der Waals surface area contributed by atoms with Crippen LogP contribution in [0.15, 0.2) is 38.3 Å². The quantitative estimate of drug-likeness (QED) is 0.725. The number of halogens is 1. The van der Waals surface area contributed by atoms with Crippen LogP contribution >= 0.6 is 39.0 Å². The summed E-state index contributed by atoms with van der Waals surface area (Å²) in [4.78, 5) is 0. The third-order valence-corrected chi connectivity index (χ3v) is 6.71. The highest BCUT2D eigenvalue weighted by molar-refractivity contribution is 9.10. The number of hydrogen-bond acceptors (Lipinski definition) is 3. The maximum Gasteiger partial charge on any atom is 0.0653 e. The van der Waals surface area contributed by atoms with E-state index in [2.05, 4.69) is 64.7 Å². The molecule has 1 aliphatic heterocycles. The summed E-state index contributed by atoms with van der Waals surface area (Å²) in [6, 6.07) is 9.05. The van der Waals surface area contributed by atoms with Crippen LogP contribution in [0.3, 0.4) is 0 Å². The first kappa shape index (κ1) is 13.5. The molecule has 1 nitrogen and oxygen atoms in total. The van der Waals surface area contributed by atoms with Gasteiger partial charge in [0, 0.05) is 15.4 Å². The minimum Gasteiger partial charge on any atom is -0.378 e. The van der Waals surface area contributed by atoms with E-state index in [0.29, 0.717) is 11.3 Å². The van der Waals surface area contributed by atoms with Gasteiger partial charge in [-0.3, -0.25) is 0 Å². The van der Waals surface area contributed by atoms with Crippen molar-refractivity contribution < 1.29 is 0 Å². The summed E-state index contributed by atoms with van der Waals surface area (Å²) in [7, 11) is 0. The minimum atomic E-state index is 0.436. The zero-order chi connectivity index (χ0) is 13.4. The van der Waals surface area contributed by atoms with Gasteiger partial charge in [-0.2, -0.15) is 0 Å². The van der Waals surface area contributed by atoms with Crippen LogP contribution in [0.25, 0.3) is 0 Å². The lowest BCUT2D eigenvalue weighted by atomic mass is 10.0. The van der Waals surface area contributed by atoms with Gasteiger partial charge in [-0.05, 0) is 48.1 Å². The Balaban J connectivity index is 1.90. The molecule has 0 bridgehead atoms. The second-order valence-corrected chi connectivity index (χ2v) is 8.41. The van der Waals surface area contributed by atoms with Gasteiger partial charge in [0.15, 0.2) is 0 Å². The van der Waals surface area contributed by atoms with Gasteiger partial charge in [0.25, 0.3) is 0 Å². The van der Waals surface area contributed by atoms with Gasteiger partial charge in [-0.1, -0.05) is 28.9 Å². The molecule has 0 amide bonds. The van der Waals surface area contributed by atoms with E-state index in [4.69, 9.17) is 0 Å². The number of thiophene rings is 1. The first-order valence-corrected chi connectivity index (χ1v) is 8.96. The standard InChI is InChI=1S/C15H16BrNS2/c1-9-8-14(11-6-7-18-15(11)19-9)17-13-5-3-4-12(16)10(13)2/h3-7,9,14,17H,8H2,1-2H3/t9-,14?/m0/s1. The molecule has 100 valence electrons. The van der Waals surface area contributed by atoms with Crippen LogP contribution in [0.1, 0.15) is 30.5 Å². The summed E-state index contributed by atoms with van der Waals surface area (Å²) in [6.45, 7) is 4.47. The minimum absolute atomic E-state index is 0.436. The molecule has 4 heteroatoms. The number of nitrogens with one attached hydrogen (secondary N) is 1. The van der Waals surface area contributed by atoms with Crippen molar-refractivity contribution in [3.05, 3.63) is 45.2 Å². The van der Waals surface area contributed by atoms with E-state index in [0.717, 1.165) is 0 Å². The molecule has 2 aromatic rings. The molecule has 3 rings (SSSR count). The van der Waals surface area contributed by atoms with Crippen molar-refractivity contribution in [1.82, 2.24) is 0 Å². The number of fused-ring (bicyclic) bond motifs is 1. The van der Waals surface area contributed by atoms with Crippen LogP contribution < -0.4 is 5.32 Å². The molecule has 0 radical (unpaired) electrons. The van der Waals surface area contributed by atoms with E-state index in [1.54, 1.807) is 0 Å². The van der Waals surface area contributed by atoms with Crippen LogP contribution in [0, 0.1) is 6.92 Å². The summed E-state index contributed by atoms with van der Waals surface area (Å²) >= 11 is 7.48. The fourth-order valence-corrected chi connectivity index (χ4v) is 5.37. The van der Waals surface area contributed by atoms with Gasteiger partial charge in [0.2, 0.25) is 0 Å². The third-order valence-electron chi connectivity index (χ3n) is 3.51. The third kappa shape index (κ3) is 2.71. The zero-order valence-corrected chi connectivity index (χ0v) is 14.2. The van der Waals surface area contributed by atoms with Gasteiger partial charge in [0.05, 0.1) is 10.3 Å². The molecule has 1 aromatic heterocycles. The smallest absolute Gasteiger partial charge is 0.0653 e. The van der Waals surface area contributed by atoms with E-state index in [1.165, 1.54) is 31.9 Å². The fourth-order valence-electron chi connectivity index (χ4n) is 2.44. The van der Waals surface area contributed by atoms with Crippen molar-refractivity contribution in [2.45, 2.75) is 35.8 Å². The number of rotatable bonds is 2. The summed E-state index contributed by atoms with van der Waals surface area (Å²) in [5.41, 5.74) is 3.98. The highest BCUT2D eigenvalue weighted by atomic mass is 79.9. The molecule has 0 saturated heterocycles. The molecule has 0 saturated carbocycles. The second kappa shape index (κ2) is 5.51. The SMILES string of the molecule is Cc1c(Br)cccc1NC1C[C@H](C)Sc2sccc21. The summed E-state index contributed by atoms with van der Waals surface area (Å²) in [6.07, 6.45) is 1.18. The largest absolute Gasteiger partial charge is 0.378 e. The van der Waals surface area contributed by atoms with Crippen molar-refractivity contribution in [1.29, 1.82) is 0 Å². The first-order chi connectivity index (χ1) is 9.15. The molecule has 1 aliphatic rings. The molecule has 0 spiro atoms. The molecule has 0 fully saturated rings. The highest BCUT2D eigenvalue weighted by Crippen LogP contribution is 2.45. The van der Waals surface area contributed by atoms with Crippen LogP contribution in [0.5, 0.6) is 0 Å². The zero-order valence-electron chi connectivity index (χ0n) is 10.9. The average Bonchev–Trinajstić information content (AvgIpc) is 2.83.